The standard InChI is InChI=1S/C18H24O7/c1-5-22-14-10-12(11-15(16(14)19)23-6-2)9-13(17(20)24-7-3)18(21)25-8-4/h9-11,19H,5-8H2,1-4H3. The number of phenols is 1. The summed E-state index contributed by atoms with van der Waals surface area (Å²) >= 11 is 0. The molecule has 1 aromatic carbocycles. The Morgan fingerprint density at radius 1 is 0.880 bits per heavy atom. The lowest BCUT2D eigenvalue weighted by Gasteiger charge is -2.13. The Kier molecular flexibility index (Phi) is 8.32. The summed E-state index contributed by atoms with van der Waals surface area (Å²) in [5.74, 6) is -1.34. The summed E-state index contributed by atoms with van der Waals surface area (Å²) < 4.78 is 20.5. The topological polar surface area (TPSA) is 91.3 Å². The summed E-state index contributed by atoms with van der Waals surface area (Å²) in [6.07, 6.45) is 1.32. The van der Waals surface area contributed by atoms with Gasteiger partial charge in [0.25, 0.3) is 0 Å². The van der Waals surface area contributed by atoms with Gasteiger partial charge in [-0.3, -0.25) is 0 Å². The number of ether oxygens (including phenoxy) is 4. The first-order valence-corrected chi connectivity index (χ1v) is 8.16. The van der Waals surface area contributed by atoms with Crippen molar-refractivity contribution in [3.63, 3.8) is 0 Å². The van der Waals surface area contributed by atoms with E-state index in [0.717, 1.165) is 0 Å². The molecule has 0 radical (unpaired) electrons. The molecular formula is C18H24O7. The molecule has 7 nitrogen and oxygen atoms in total. The van der Waals surface area contributed by atoms with E-state index in [9.17, 15) is 14.7 Å². The van der Waals surface area contributed by atoms with Gasteiger partial charge in [0.1, 0.15) is 5.57 Å². The molecule has 1 aromatic rings. The van der Waals surface area contributed by atoms with Gasteiger partial charge in [-0.15, -0.1) is 0 Å². The molecule has 0 fully saturated rings. The van der Waals surface area contributed by atoms with Crippen LogP contribution in [0.15, 0.2) is 17.7 Å². The molecule has 0 unspecified atom stereocenters. The van der Waals surface area contributed by atoms with Gasteiger partial charge in [0.15, 0.2) is 11.5 Å². The lowest BCUT2D eigenvalue weighted by molar-refractivity contribution is -0.146. The Hall–Kier alpha value is -2.70. The lowest BCUT2D eigenvalue weighted by atomic mass is 10.1. The maximum Gasteiger partial charge on any atom is 0.345 e. The van der Waals surface area contributed by atoms with Crippen molar-refractivity contribution in [1.29, 1.82) is 0 Å². The zero-order chi connectivity index (χ0) is 18.8. The van der Waals surface area contributed by atoms with Gasteiger partial charge >= 0.3 is 11.9 Å². The van der Waals surface area contributed by atoms with Crippen molar-refractivity contribution in [3.8, 4) is 17.2 Å². The van der Waals surface area contributed by atoms with Crippen molar-refractivity contribution in [2.75, 3.05) is 26.4 Å². The Morgan fingerprint density at radius 3 is 1.68 bits per heavy atom. The molecule has 25 heavy (non-hydrogen) atoms. The van der Waals surface area contributed by atoms with Gasteiger partial charge in [0, 0.05) is 0 Å². The SMILES string of the molecule is CCOC(=O)C(=Cc1cc(OCC)c(O)c(OCC)c1)C(=O)OCC. The van der Waals surface area contributed by atoms with E-state index in [1.165, 1.54) is 18.2 Å². The molecule has 0 spiro atoms. The smallest absolute Gasteiger partial charge is 0.345 e. The quantitative estimate of drug-likeness (QED) is 0.316. The van der Waals surface area contributed by atoms with Crippen LogP contribution in [-0.2, 0) is 19.1 Å². The summed E-state index contributed by atoms with van der Waals surface area (Å²) in [6, 6.07) is 3.00. The Morgan fingerprint density at radius 2 is 1.32 bits per heavy atom. The van der Waals surface area contributed by atoms with Crippen LogP contribution >= 0.6 is 0 Å². The third kappa shape index (κ3) is 5.70. The maximum absolute atomic E-state index is 12.0. The van der Waals surface area contributed by atoms with Crippen molar-refractivity contribution in [2.24, 2.45) is 0 Å². The highest BCUT2D eigenvalue weighted by Gasteiger charge is 2.22. The van der Waals surface area contributed by atoms with E-state index >= 15 is 0 Å². The van der Waals surface area contributed by atoms with Gasteiger partial charge < -0.3 is 24.1 Å². The number of phenolic OH excluding ortho intramolecular Hbond substituents is 1. The number of hydrogen-bond donors (Lipinski definition) is 1. The maximum atomic E-state index is 12.0. The van der Waals surface area contributed by atoms with E-state index in [-0.39, 0.29) is 36.0 Å². The highest BCUT2D eigenvalue weighted by Crippen LogP contribution is 2.38. The second kappa shape index (κ2) is 10.2. The van der Waals surface area contributed by atoms with Crippen molar-refractivity contribution in [3.05, 3.63) is 23.3 Å². The van der Waals surface area contributed by atoms with Crippen LogP contribution in [0.2, 0.25) is 0 Å². The summed E-state index contributed by atoms with van der Waals surface area (Å²) in [7, 11) is 0. The minimum absolute atomic E-state index is 0.125. The number of esters is 2. The molecule has 0 aromatic heterocycles. The molecule has 0 saturated carbocycles. The lowest BCUT2D eigenvalue weighted by Crippen LogP contribution is -2.18. The van der Waals surface area contributed by atoms with Gasteiger partial charge in [-0.25, -0.2) is 9.59 Å². The number of rotatable bonds is 9. The fraction of sp³-hybridized carbons (Fsp3) is 0.444. The molecule has 138 valence electrons. The van der Waals surface area contributed by atoms with Gasteiger partial charge in [-0.05, 0) is 51.5 Å². The summed E-state index contributed by atoms with van der Waals surface area (Å²) in [4.78, 5) is 24.1. The molecule has 0 atom stereocenters. The predicted octanol–water partition coefficient (Wildman–Crippen LogP) is 2.70. The molecular weight excluding hydrogens is 328 g/mol. The minimum atomic E-state index is -0.787. The number of carbonyl (C=O) groups is 2. The zero-order valence-electron chi connectivity index (χ0n) is 15.0. The normalized spacial score (nSPS) is 9.92. The van der Waals surface area contributed by atoms with Crippen LogP contribution in [0.5, 0.6) is 17.2 Å². The van der Waals surface area contributed by atoms with E-state index in [0.29, 0.717) is 18.8 Å². The molecule has 0 bridgehead atoms. The molecule has 0 aliphatic rings. The average Bonchev–Trinajstić information content (AvgIpc) is 2.57. The van der Waals surface area contributed by atoms with E-state index in [1.807, 2.05) is 0 Å². The largest absolute Gasteiger partial charge is 0.502 e. The number of carbonyl (C=O) groups excluding carboxylic acids is 2. The molecule has 1 rings (SSSR count). The third-order valence-electron chi connectivity index (χ3n) is 2.96. The second-order valence-corrected chi connectivity index (χ2v) is 4.73. The summed E-state index contributed by atoms with van der Waals surface area (Å²) in [6.45, 7) is 7.72. The Balaban J connectivity index is 3.38. The molecule has 0 saturated heterocycles. The minimum Gasteiger partial charge on any atom is -0.502 e. The number of benzene rings is 1. The van der Waals surface area contributed by atoms with E-state index in [1.54, 1.807) is 27.7 Å². The van der Waals surface area contributed by atoms with Gasteiger partial charge in [0.05, 0.1) is 26.4 Å². The van der Waals surface area contributed by atoms with E-state index < -0.39 is 11.9 Å². The molecule has 0 aliphatic heterocycles. The van der Waals surface area contributed by atoms with Crippen LogP contribution < -0.4 is 9.47 Å². The summed E-state index contributed by atoms with van der Waals surface area (Å²) in [5.41, 5.74) is 0.181. The van der Waals surface area contributed by atoms with Crippen molar-refractivity contribution in [2.45, 2.75) is 27.7 Å². The number of aromatic hydroxyl groups is 1. The first-order chi connectivity index (χ1) is 12.0. The van der Waals surface area contributed by atoms with Crippen LogP contribution in [0.25, 0.3) is 6.08 Å². The first kappa shape index (κ1) is 20.3. The molecule has 0 aliphatic carbocycles. The molecule has 0 heterocycles. The molecule has 1 N–H and O–H groups in total. The van der Waals surface area contributed by atoms with Crippen molar-refractivity contribution < 1.29 is 33.6 Å². The predicted molar refractivity (Wildman–Crippen MR) is 91.7 cm³/mol. The third-order valence-corrected chi connectivity index (χ3v) is 2.96. The van der Waals surface area contributed by atoms with Gasteiger partial charge in [-0.2, -0.15) is 0 Å². The van der Waals surface area contributed by atoms with Crippen LogP contribution in [-0.4, -0.2) is 43.5 Å². The van der Waals surface area contributed by atoms with Crippen LogP contribution in [0.3, 0.4) is 0 Å². The first-order valence-electron chi connectivity index (χ1n) is 8.16. The van der Waals surface area contributed by atoms with Crippen molar-refractivity contribution in [1.82, 2.24) is 0 Å². The van der Waals surface area contributed by atoms with Crippen molar-refractivity contribution >= 4 is 18.0 Å². The zero-order valence-corrected chi connectivity index (χ0v) is 15.0. The monoisotopic (exact) mass is 352 g/mol. The second-order valence-electron chi connectivity index (χ2n) is 4.73. The fourth-order valence-corrected chi connectivity index (χ4v) is 2.00. The van der Waals surface area contributed by atoms with Crippen LogP contribution in [0.1, 0.15) is 33.3 Å². The summed E-state index contributed by atoms with van der Waals surface area (Å²) in [5, 5.41) is 10.1. The van der Waals surface area contributed by atoms with Crippen LogP contribution in [0.4, 0.5) is 0 Å². The van der Waals surface area contributed by atoms with Crippen LogP contribution in [0, 0.1) is 0 Å². The average molecular weight is 352 g/mol. The highest BCUT2D eigenvalue weighted by atomic mass is 16.6. The van der Waals surface area contributed by atoms with Gasteiger partial charge in [0.2, 0.25) is 5.75 Å². The Bertz CT molecular complexity index is 587. The number of hydrogen-bond acceptors (Lipinski definition) is 7. The Labute approximate surface area is 147 Å². The fourth-order valence-electron chi connectivity index (χ4n) is 2.00. The molecule has 7 heteroatoms. The van der Waals surface area contributed by atoms with E-state index in [4.69, 9.17) is 18.9 Å². The van der Waals surface area contributed by atoms with Gasteiger partial charge in [-0.1, -0.05) is 0 Å². The highest BCUT2D eigenvalue weighted by molar-refractivity contribution is 6.17. The molecule has 0 amide bonds. The van der Waals surface area contributed by atoms with E-state index in [2.05, 4.69) is 0 Å².